The molecule has 3 rings (SSSR count). The lowest BCUT2D eigenvalue weighted by atomic mass is 10.1. The zero-order chi connectivity index (χ0) is 17.1. The summed E-state index contributed by atoms with van der Waals surface area (Å²) in [6, 6.07) is 13.2. The summed E-state index contributed by atoms with van der Waals surface area (Å²) in [6.45, 7) is 4.09. The number of aromatic nitrogens is 1. The maximum Gasteiger partial charge on any atom is 0.341 e. The van der Waals surface area contributed by atoms with Crippen molar-refractivity contribution in [3.8, 4) is 0 Å². The van der Waals surface area contributed by atoms with E-state index in [1.807, 2.05) is 37.3 Å². The number of ether oxygens (including phenoxy) is 1. The Labute approximate surface area is 145 Å². The van der Waals surface area contributed by atoms with E-state index in [1.165, 1.54) is 0 Å². The van der Waals surface area contributed by atoms with Crippen molar-refractivity contribution in [2.75, 3.05) is 11.9 Å². The number of carbonyl (C=O) groups is 1. The molecular weight excluding hydrogens is 324 g/mol. The third-order valence-electron chi connectivity index (χ3n) is 3.63. The van der Waals surface area contributed by atoms with Gasteiger partial charge >= 0.3 is 5.97 Å². The van der Waals surface area contributed by atoms with Crippen LogP contribution in [0.25, 0.3) is 10.9 Å². The van der Waals surface area contributed by atoms with Gasteiger partial charge in [-0.05, 0) is 50.2 Å². The smallest absolute Gasteiger partial charge is 0.341 e. The van der Waals surface area contributed by atoms with E-state index < -0.39 is 5.97 Å². The molecule has 122 valence electrons. The fourth-order valence-electron chi connectivity index (χ4n) is 2.48. The van der Waals surface area contributed by atoms with Crippen LogP contribution in [0.5, 0.6) is 0 Å². The zero-order valence-electron chi connectivity index (χ0n) is 13.5. The summed E-state index contributed by atoms with van der Waals surface area (Å²) in [5.41, 5.74) is 3.82. The molecule has 24 heavy (non-hydrogen) atoms. The van der Waals surface area contributed by atoms with Gasteiger partial charge in [-0.3, -0.25) is 4.98 Å². The average molecular weight is 341 g/mol. The van der Waals surface area contributed by atoms with E-state index in [4.69, 9.17) is 16.3 Å². The van der Waals surface area contributed by atoms with Crippen LogP contribution in [0, 0.1) is 6.92 Å². The number of halogens is 1. The number of fused-ring (bicyclic) bond motifs is 1. The van der Waals surface area contributed by atoms with Gasteiger partial charge in [-0.15, -0.1) is 0 Å². The molecular formula is C19H17ClN2O2. The summed E-state index contributed by atoms with van der Waals surface area (Å²) in [7, 11) is 0. The van der Waals surface area contributed by atoms with E-state index in [9.17, 15) is 4.79 Å². The van der Waals surface area contributed by atoms with E-state index >= 15 is 0 Å². The highest BCUT2D eigenvalue weighted by molar-refractivity contribution is 6.30. The highest BCUT2D eigenvalue weighted by atomic mass is 35.5. The molecule has 0 aliphatic rings. The molecule has 0 bridgehead atoms. The van der Waals surface area contributed by atoms with Crippen LogP contribution in [0.4, 0.5) is 11.4 Å². The standard InChI is InChI=1S/C19H17ClN2O2/c1-3-24-19(23)16-11-21-17-9-4-12(2)10-15(17)18(16)22-14-7-5-13(20)6-8-14/h4-11H,3H2,1-2H3,(H,21,22). The van der Waals surface area contributed by atoms with E-state index in [2.05, 4.69) is 10.3 Å². The second kappa shape index (κ2) is 6.89. The van der Waals surface area contributed by atoms with E-state index in [0.717, 1.165) is 22.2 Å². The summed E-state index contributed by atoms with van der Waals surface area (Å²) < 4.78 is 5.16. The monoisotopic (exact) mass is 340 g/mol. The van der Waals surface area contributed by atoms with Crippen LogP contribution in [0.1, 0.15) is 22.8 Å². The third kappa shape index (κ3) is 3.34. The van der Waals surface area contributed by atoms with Gasteiger partial charge in [0.05, 0.1) is 17.8 Å². The second-order valence-electron chi connectivity index (χ2n) is 5.42. The Bertz CT molecular complexity index is 892. The van der Waals surface area contributed by atoms with Crippen molar-refractivity contribution in [2.24, 2.45) is 0 Å². The quantitative estimate of drug-likeness (QED) is 0.670. The lowest BCUT2D eigenvalue weighted by Crippen LogP contribution is -2.09. The maximum atomic E-state index is 12.3. The van der Waals surface area contributed by atoms with Gasteiger partial charge in [0.25, 0.3) is 0 Å². The van der Waals surface area contributed by atoms with E-state index in [-0.39, 0.29) is 0 Å². The predicted octanol–water partition coefficient (Wildman–Crippen LogP) is 5.12. The molecule has 0 amide bonds. The number of anilines is 2. The molecule has 0 fully saturated rings. The van der Waals surface area contributed by atoms with Gasteiger partial charge in [-0.25, -0.2) is 4.79 Å². The fourth-order valence-corrected chi connectivity index (χ4v) is 2.61. The predicted molar refractivity (Wildman–Crippen MR) is 97.2 cm³/mol. The highest BCUT2D eigenvalue weighted by Gasteiger charge is 2.17. The van der Waals surface area contributed by atoms with Crippen molar-refractivity contribution in [1.82, 2.24) is 4.98 Å². The summed E-state index contributed by atoms with van der Waals surface area (Å²) >= 11 is 5.94. The SMILES string of the molecule is CCOC(=O)c1cnc2ccc(C)cc2c1Nc1ccc(Cl)cc1. The van der Waals surface area contributed by atoms with Crippen molar-refractivity contribution in [2.45, 2.75) is 13.8 Å². The molecule has 0 atom stereocenters. The average Bonchev–Trinajstić information content (AvgIpc) is 2.57. The van der Waals surface area contributed by atoms with E-state index in [0.29, 0.717) is 22.9 Å². The molecule has 4 nitrogen and oxygen atoms in total. The maximum absolute atomic E-state index is 12.3. The van der Waals surface area contributed by atoms with Gasteiger partial charge in [0, 0.05) is 22.3 Å². The molecule has 0 saturated carbocycles. The highest BCUT2D eigenvalue weighted by Crippen LogP contribution is 2.30. The Morgan fingerprint density at radius 1 is 1.21 bits per heavy atom. The Morgan fingerprint density at radius 2 is 1.96 bits per heavy atom. The van der Waals surface area contributed by atoms with Gasteiger partial charge in [0.1, 0.15) is 5.56 Å². The normalized spacial score (nSPS) is 10.6. The molecule has 0 unspecified atom stereocenters. The van der Waals surface area contributed by atoms with Crippen LogP contribution >= 0.6 is 11.6 Å². The lowest BCUT2D eigenvalue weighted by Gasteiger charge is -2.14. The van der Waals surface area contributed by atoms with E-state index in [1.54, 1.807) is 25.3 Å². The molecule has 0 aliphatic carbocycles. The number of benzene rings is 2. The molecule has 0 radical (unpaired) electrons. The first-order valence-corrected chi connectivity index (χ1v) is 8.05. The number of nitrogens with zero attached hydrogens (tertiary/aromatic N) is 1. The van der Waals surface area contributed by atoms with Crippen LogP contribution in [0.2, 0.25) is 5.02 Å². The Kier molecular flexibility index (Phi) is 4.67. The van der Waals surface area contributed by atoms with Crippen LogP contribution in [-0.2, 0) is 4.74 Å². The summed E-state index contributed by atoms with van der Waals surface area (Å²) in [5.74, 6) is -0.398. The van der Waals surface area contributed by atoms with Crippen molar-refractivity contribution in [3.05, 3.63) is 64.8 Å². The van der Waals surface area contributed by atoms with Crippen LogP contribution < -0.4 is 5.32 Å². The Morgan fingerprint density at radius 3 is 2.67 bits per heavy atom. The van der Waals surface area contributed by atoms with Crippen molar-refractivity contribution in [1.29, 1.82) is 0 Å². The van der Waals surface area contributed by atoms with Gasteiger partial charge in [0.15, 0.2) is 0 Å². The molecule has 2 aromatic carbocycles. The Hall–Kier alpha value is -2.59. The Balaban J connectivity index is 2.16. The summed E-state index contributed by atoms with van der Waals surface area (Å²) in [5, 5.41) is 4.83. The van der Waals surface area contributed by atoms with Gasteiger partial charge < -0.3 is 10.1 Å². The number of pyridine rings is 1. The number of aryl methyl sites for hydroxylation is 1. The summed E-state index contributed by atoms with van der Waals surface area (Å²) in [4.78, 5) is 16.7. The minimum Gasteiger partial charge on any atom is -0.462 e. The van der Waals surface area contributed by atoms with Crippen molar-refractivity contribution < 1.29 is 9.53 Å². The van der Waals surface area contributed by atoms with Crippen LogP contribution in [0.15, 0.2) is 48.7 Å². The van der Waals surface area contributed by atoms with Gasteiger partial charge in [0.2, 0.25) is 0 Å². The fraction of sp³-hybridized carbons (Fsp3) is 0.158. The number of carbonyl (C=O) groups excluding carboxylic acids is 1. The first kappa shape index (κ1) is 16.3. The second-order valence-corrected chi connectivity index (χ2v) is 5.86. The van der Waals surface area contributed by atoms with Gasteiger partial charge in [-0.2, -0.15) is 0 Å². The topological polar surface area (TPSA) is 51.2 Å². The van der Waals surface area contributed by atoms with Gasteiger partial charge in [-0.1, -0.05) is 23.2 Å². The number of nitrogens with one attached hydrogen (secondary N) is 1. The number of esters is 1. The number of hydrogen-bond donors (Lipinski definition) is 1. The molecule has 1 N–H and O–H groups in total. The lowest BCUT2D eigenvalue weighted by molar-refractivity contribution is 0.0527. The summed E-state index contributed by atoms with van der Waals surface area (Å²) in [6.07, 6.45) is 1.55. The molecule has 3 aromatic rings. The third-order valence-corrected chi connectivity index (χ3v) is 3.88. The molecule has 5 heteroatoms. The van der Waals surface area contributed by atoms with Crippen LogP contribution in [0.3, 0.4) is 0 Å². The molecule has 0 aliphatic heterocycles. The van der Waals surface area contributed by atoms with Crippen LogP contribution in [-0.4, -0.2) is 17.6 Å². The minimum absolute atomic E-state index is 0.311. The first-order valence-electron chi connectivity index (χ1n) is 7.67. The number of rotatable bonds is 4. The van der Waals surface area contributed by atoms with Crippen molar-refractivity contribution in [3.63, 3.8) is 0 Å². The first-order chi connectivity index (χ1) is 11.6. The minimum atomic E-state index is -0.398. The largest absolute Gasteiger partial charge is 0.462 e. The number of hydrogen-bond acceptors (Lipinski definition) is 4. The molecule has 0 spiro atoms. The zero-order valence-corrected chi connectivity index (χ0v) is 14.2. The van der Waals surface area contributed by atoms with Crippen molar-refractivity contribution >= 4 is 39.8 Å². The molecule has 1 heterocycles. The molecule has 0 saturated heterocycles. The molecule has 1 aromatic heterocycles.